The number of aromatic nitrogens is 1. The fraction of sp³-hybridized carbons (Fsp3) is 0.375. The Morgan fingerprint density at radius 1 is 1.36 bits per heavy atom. The van der Waals surface area contributed by atoms with Gasteiger partial charge in [0.2, 0.25) is 5.91 Å². The lowest BCUT2D eigenvalue weighted by molar-refractivity contribution is -0.215. The van der Waals surface area contributed by atoms with Gasteiger partial charge in [-0.25, -0.2) is 4.79 Å². The number of carboxylic acid groups (broad SMARTS) is 1. The highest BCUT2D eigenvalue weighted by atomic mass is 19.4. The molecule has 0 fully saturated rings. The Morgan fingerprint density at radius 3 is 2.56 bits per heavy atom. The molecule has 0 bridgehead atoms. The molecular weight excluding hydrogens is 341 g/mol. The summed E-state index contributed by atoms with van der Waals surface area (Å²) in [6.07, 6.45) is -5.07. The molecule has 2 rings (SSSR count). The number of H-pyrrole nitrogens is 1. The lowest BCUT2D eigenvalue weighted by atomic mass is 10.0. The summed E-state index contributed by atoms with van der Waals surface area (Å²) in [5.41, 5.74) is 0.932. The van der Waals surface area contributed by atoms with E-state index in [0.29, 0.717) is 16.5 Å². The van der Waals surface area contributed by atoms with Gasteiger partial charge in [0.15, 0.2) is 6.10 Å². The van der Waals surface area contributed by atoms with Gasteiger partial charge in [-0.1, -0.05) is 12.1 Å². The monoisotopic (exact) mass is 358 g/mol. The van der Waals surface area contributed by atoms with E-state index in [4.69, 9.17) is 5.11 Å². The number of benzene rings is 1. The molecule has 2 aromatic rings. The third-order valence-corrected chi connectivity index (χ3v) is 3.73. The number of fused-ring (bicyclic) bond motifs is 1. The highest BCUT2D eigenvalue weighted by Gasteiger charge is 2.41. The maximum Gasteiger partial charge on any atom is 0.418 e. The molecule has 0 aliphatic rings. The van der Waals surface area contributed by atoms with E-state index in [0.717, 1.165) is 7.11 Å². The quantitative estimate of drug-likeness (QED) is 0.740. The number of hydrogen-bond acceptors (Lipinski definition) is 3. The van der Waals surface area contributed by atoms with Gasteiger partial charge in [-0.3, -0.25) is 4.79 Å². The van der Waals surface area contributed by atoms with E-state index in [1.165, 1.54) is 31.3 Å². The number of halogens is 3. The van der Waals surface area contributed by atoms with Crippen LogP contribution in [0.1, 0.15) is 24.2 Å². The number of nitrogens with one attached hydrogen (secondary N) is 2. The van der Waals surface area contributed by atoms with Gasteiger partial charge in [0.25, 0.3) is 0 Å². The summed E-state index contributed by atoms with van der Waals surface area (Å²) in [6.45, 7) is 1.21. The van der Waals surface area contributed by atoms with E-state index >= 15 is 0 Å². The Kier molecular flexibility index (Phi) is 5.36. The molecule has 6 nitrogen and oxygen atoms in total. The van der Waals surface area contributed by atoms with Gasteiger partial charge in [-0.05, 0) is 17.2 Å². The van der Waals surface area contributed by atoms with Gasteiger partial charge in [-0.15, -0.1) is 0 Å². The fourth-order valence-corrected chi connectivity index (χ4v) is 2.66. The number of carbonyl (C=O) groups excluding carboxylic acids is 1. The zero-order chi connectivity index (χ0) is 18.8. The number of aromatic amines is 1. The number of methoxy groups -OCH3 is 1. The topological polar surface area (TPSA) is 91.4 Å². The minimum absolute atomic E-state index is 0.00123. The van der Waals surface area contributed by atoms with E-state index in [1.54, 1.807) is 0 Å². The number of hydrogen-bond donors (Lipinski definition) is 3. The largest absolute Gasteiger partial charge is 0.480 e. The Morgan fingerprint density at radius 2 is 2.04 bits per heavy atom. The van der Waals surface area contributed by atoms with Gasteiger partial charge >= 0.3 is 12.1 Å². The summed E-state index contributed by atoms with van der Waals surface area (Å²) in [6, 6.07) is 2.95. The molecule has 1 heterocycles. The van der Waals surface area contributed by atoms with E-state index in [2.05, 4.69) is 15.0 Å². The Balaban J connectivity index is 2.33. The van der Waals surface area contributed by atoms with Crippen molar-refractivity contribution in [1.82, 2.24) is 10.3 Å². The first-order chi connectivity index (χ1) is 11.6. The first-order valence-corrected chi connectivity index (χ1v) is 7.32. The molecule has 0 saturated carbocycles. The van der Waals surface area contributed by atoms with Crippen molar-refractivity contribution in [2.45, 2.75) is 31.7 Å². The SMILES string of the molecule is COC(c1ccc2c(CC(NC(C)=O)C(=O)O)c[nH]c2c1)C(F)(F)F. The lowest BCUT2D eigenvalue weighted by Gasteiger charge is -2.19. The van der Waals surface area contributed by atoms with Crippen LogP contribution in [0.15, 0.2) is 24.4 Å². The average Bonchev–Trinajstić information content (AvgIpc) is 2.87. The average molecular weight is 358 g/mol. The molecule has 1 aromatic carbocycles. The molecule has 9 heteroatoms. The summed E-state index contributed by atoms with van der Waals surface area (Å²) in [5.74, 6) is -1.68. The minimum atomic E-state index is -4.54. The molecule has 0 radical (unpaired) electrons. The van der Waals surface area contributed by atoms with Crippen LogP contribution in [-0.4, -0.2) is 41.3 Å². The summed E-state index contributed by atoms with van der Waals surface area (Å²) in [4.78, 5) is 25.1. The molecule has 0 saturated heterocycles. The number of carboxylic acids is 1. The van der Waals surface area contributed by atoms with Crippen LogP contribution >= 0.6 is 0 Å². The number of amides is 1. The second-order valence-corrected chi connectivity index (χ2v) is 5.57. The number of ether oxygens (including phenoxy) is 1. The predicted molar refractivity (Wildman–Crippen MR) is 83.0 cm³/mol. The lowest BCUT2D eigenvalue weighted by Crippen LogP contribution is -2.41. The Bertz CT molecular complexity index is 785. The van der Waals surface area contributed by atoms with Crippen molar-refractivity contribution >= 4 is 22.8 Å². The molecule has 2 atom stereocenters. The molecule has 136 valence electrons. The van der Waals surface area contributed by atoms with E-state index < -0.39 is 30.2 Å². The second kappa shape index (κ2) is 7.14. The summed E-state index contributed by atoms with van der Waals surface area (Å²) in [7, 11) is 0.980. The number of alkyl halides is 3. The summed E-state index contributed by atoms with van der Waals surface area (Å²) >= 11 is 0. The smallest absolute Gasteiger partial charge is 0.418 e. The summed E-state index contributed by atoms with van der Waals surface area (Å²) < 4.78 is 43.4. The standard InChI is InChI=1S/C16H17F3N2O4/c1-8(22)21-13(15(23)24)6-10-7-20-12-5-9(3-4-11(10)12)14(25-2)16(17,18)19/h3-5,7,13-14,20H,6H2,1-2H3,(H,21,22)(H,23,24). The van der Waals surface area contributed by atoms with Crippen LogP contribution in [0.4, 0.5) is 13.2 Å². The maximum absolute atomic E-state index is 13.0. The fourth-order valence-electron chi connectivity index (χ4n) is 2.66. The minimum Gasteiger partial charge on any atom is -0.480 e. The molecule has 0 aliphatic carbocycles. The van der Waals surface area contributed by atoms with Crippen molar-refractivity contribution in [2.75, 3.05) is 7.11 Å². The molecule has 0 aliphatic heterocycles. The molecule has 25 heavy (non-hydrogen) atoms. The number of carbonyl (C=O) groups is 2. The van der Waals surface area contributed by atoms with Crippen molar-refractivity contribution < 1.29 is 32.6 Å². The molecule has 1 amide bonds. The van der Waals surface area contributed by atoms with E-state index in [1.807, 2.05) is 0 Å². The third kappa shape index (κ3) is 4.30. The van der Waals surface area contributed by atoms with Crippen LogP contribution in [0.5, 0.6) is 0 Å². The van der Waals surface area contributed by atoms with Gasteiger partial charge in [0.1, 0.15) is 6.04 Å². The number of rotatable bonds is 6. The first-order valence-electron chi connectivity index (χ1n) is 7.32. The molecule has 0 spiro atoms. The van der Waals surface area contributed by atoms with Crippen molar-refractivity contribution in [1.29, 1.82) is 0 Å². The molecule has 2 unspecified atom stereocenters. The number of aliphatic carboxylic acids is 1. The molecule has 3 N–H and O–H groups in total. The van der Waals surface area contributed by atoms with Crippen molar-refractivity contribution in [2.24, 2.45) is 0 Å². The van der Waals surface area contributed by atoms with Gasteiger partial charge < -0.3 is 20.1 Å². The van der Waals surface area contributed by atoms with Crippen LogP contribution in [0.3, 0.4) is 0 Å². The highest BCUT2D eigenvalue weighted by Crippen LogP contribution is 2.36. The Labute approximate surface area is 141 Å². The van der Waals surface area contributed by atoms with Gasteiger partial charge in [-0.2, -0.15) is 13.2 Å². The normalized spacial score (nSPS) is 14.3. The zero-order valence-electron chi connectivity index (χ0n) is 13.5. The van der Waals surface area contributed by atoms with Gasteiger partial charge in [0.05, 0.1) is 0 Å². The van der Waals surface area contributed by atoms with Crippen molar-refractivity contribution in [3.05, 3.63) is 35.5 Å². The van der Waals surface area contributed by atoms with Crippen LogP contribution < -0.4 is 5.32 Å². The van der Waals surface area contributed by atoms with Crippen LogP contribution in [0, 0.1) is 0 Å². The second-order valence-electron chi connectivity index (χ2n) is 5.57. The zero-order valence-corrected chi connectivity index (χ0v) is 13.5. The highest BCUT2D eigenvalue weighted by molar-refractivity contribution is 5.86. The van der Waals surface area contributed by atoms with Gasteiger partial charge in [0, 0.05) is 37.6 Å². The van der Waals surface area contributed by atoms with Crippen LogP contribution in [0.2, 0.25) is 0 Å². The first kappa shape index (κ1) is 18.8. The van der Waals surface area contributed by atoms with Crippen LogP contribution in [0.25, 0.3) is 10.9 Å². The van der Waals surface area contributed by atoms with E-state index in [9.17, 15) is 22.8 Å². The maximum atomic E-state index is 13.0. The van der Waals surface area contributed by atoms with Crippen LogP contribution in [-0.2, 0) is 20.7 Å². The van der Waals surface area contributed by atoms with E-state index in [-0.39, 0.29) is 12.0 Å². The Hall–Kier alpha value is -2.55. The van der Waals surface area contributed by atoms with Crippen molar-refractivity contribution in [3.8, 4) is 0 Å². The summed E-state index contributed by atoms with van der Waals surface area (Å²) in [5, 5.41) is 12.1. The molecule has 1 aromatic heterocycles. The predicted octanol–water partition coefficient (Wildman–Crippen LogP) is 2.55. The third-order valence-electron chi connectivity index (χ3n) is 3.73. The van der Waals surface area contributed by atoms with Crippen molar-refractivity contribution in [3.63, 3.8) is 0 Å². The molecular formula is C16H17F3N2O4.